The summed E-state index contributed by atoms with van der Waals surface area (Å²) in [5.74, 6) is 0. The molecule has 0 atom stereocenters. The molecule has 0 radical (unpaired) electrons. The van der Waals surface area contributed by atoms with Crippen LogP contribution in [0.5, 0.6) is 0 Å². The van der Waals surface area contributed by atoms with Crippen LogP contribution in [0.15, 0.2) is 23.1 Å². The van der Waals surface area contributed by atoms with Crippen molar-refractivity contribution in [2.75, 3.05) is 25.5 Å². The van der Waals surface area contributed by atoms with E-state index in [0.29, 0.717) is 18.9 Å². The van der Waals surface area contributed by atoms with Crippen molar-refractivity contribution in [2.45, 2.75) is 11.8 Å². The third kappa shape index (κ3) is 4.16. The van der Waals surface area contributed by atoms with E-state index in [4.69, 9.17) is 22.1 Å². The maximum Gasteiger partial charge on any atom is 0.242 e. The van der Waals surface area contributed by atoms with E-state index in [2.05, 4.69) is 4.72 Å². The largest absolute Gasteiger partial charge is 0.399 e. The quantitative estimate of drug-likeness (QED) is 0.606. The first-order chi connectivity index (χ1) is 7.97. The van der Waals surface area contributed by atoms with Crippen LogP contribution >= 0.6 is 11.6 Å². The van der Waals surface area contributed by atoms with Crippen LogP contribution in [0.3, 0.4) is 0 Å². The number of anilines is 1. The molecule has 7 heteroatoms. The summed E-state index contributed by atoms with van der Waals surface area (Å²) in [5, 5.41) is 0.105. The van der Waals surface area contributed by atoms with Gasteiger partial charge in [-0.2, -0.15) is 0 Å². The molecule has 0 aromatic heterocycles. The summed E-state index contributed by atoms with van der Waals surface area (Å²) in [5.41, 5.74) is 5.91. The van der Waals surface area contributed by atoms with E-state index < -0.39 is 10.0 Å². The lowest BCUT2D eigenvalue weighted by Gasteiger charge is -2.08. The molecule has 0 saturated carbocycles. The van der Waals surface area contributed by atoms with Gasteiger partial charge in [-0.1, -0.05) is 11.6 Å². The highest BCUT2D eigenvalue weighted by atomic mass is 35.5. The van der Waals surface area contributed by atoms with E-state index in [0.717, 1.165) is 0 Å². The van der Waals surface area contributed by atoms with Gasteiger partial charge in [0.25, 0.3) is 0 Å². The summed E-state index contributed by atoms with van der Waals surface area (Å²) in [7, 11) is -3.61. The van der Waals surface area contributed by atoms with Crippen molar-refractivity contribution in [3.63, 3.8) is 0 Å². The smallest absolute Gasteiger partial charge is 0.242 e. The first kappa shape index (κ1) is 14.2. The van der Waals surface area contributed by atoms with Gasteiger partial charge in [0.2, 0.25) is 10.0 Å². The third-order valence-electron chi connectivity index (χ3n) is 1.99. The molecule has 0 amide bonds. The Hall–Kier alpha value is -0.820. The van der Waals surface area contributed by atoms with Crippen LogP contribution in [0.25, 0.3) is 0 Å². The SMILES string of the molecule is CCOCCNS(=O)(=O)c1ccc(N)cc1Cl. The normalized spacial score (nSPS) is 11.6. The van der Waals surface area contributed by atoms with Crippen molar-refractivity contribution in [3.05, 3.63) is 23.2 Å². The molecule has 5 nitrogen and oxygen atoms in total. The molecule has 0 fully saturated rings. The maximum absolute atomic E-state index is 11.8. The molecule has 0 spiro atoms. The van der Waals surface area contributed by atoms with Gasteiger partial charge in [-0.3, -0.25) is 0 Å². The van der Waals surface area contributed by atoms with Gasteiger partial charge in [-0.25, -0.2) is 13.1 Å². The molecule has 0 heterocycles. The van der Waals surface area contributed by atoms with E-state index in [1.54, 1.807) is 0 Å². The lowest BCUT2D eigenvalue weighted by molar-refractivity contribution is 0.153. The Morgan fingerprint density at radius 2 is 2.18 bits per heavy atom. The number of rotatable bonds is 6. The van der Waals surface area contributed by atoms with Crippen LogP contribution in [0.1, 0.15) is 6.92 Å². The van der Waals surface area contributed by atoms with Crippen LogP contribution < -0.4 is 10.5 Å². The van der Waals surface area contributed by atoms with Crippen molar-refractivity contribution >= 4 is 27.3 Å². The van der Waals surface area contributed by atoms with Crippen LogP contribution in [0.2, 0.25) is 5.02 Å². The molecule has 0 aliphatic heterocycles. The molecule has 0 aliphatic rings. The summed E-state index contributed by atoms with van der Waals surface area (Å²) in [6.07, 6.45) is 0. The fraction of sp³-hybridized carbons (Fsp3) is 0.400. The Morgan fingerprint density at radius 1 is 1.47 bits per heavy atom. The fourth-order valence-electron chi connectivity index (χ4n) is 1.21. The number of nitrogen functional groups attached to an aromatic ring is 1. The van der Waals surface area contributed by atoms with Gasteiger partial charge in [0.15, 0.2) is 0 Å². The summed E-state index contributed by atoms with van der Waals surface area (Å²) in [4.78, 5) is 0.0184. The van der Waals surface area contributed by atoms with Crippen LogP contribution in [0.4, 0.5) is 5.69 Å². The van der Waals surface area contributed by atoms with Gasteiger partial charge in [0.1, 0.15) is 4.90 Å². The molecule has 3 N–H and O–H groups in total. The second kappa shape index (κ2) is 6.20. The van der Waals surface area contributed by atoms with E-state index in [1.807, 2.05) is 6.92 Å². The molecule has 0 aliphatic carbocycles. The topological polar surface area (TPSA) is 81.4 Å². The molecule has 1 aromatic rings. The van der Waals surface area contributed by atoms with Crippen LogP contribution in [-0.4, -0.2) is 28.2 Å². The maximum atomic E-state index is 11.8. The number of halogens is 1. The van der Waals surface area contributed by atoms with Gasteiger partial charge in [0.05, 0.1) is 11.6 Å². The van der Waals surface area contributed by atoms with Gasteiger partial charge in [-0.05, 0) is 25.1 Å². The predicted octanol–water partition coefficient (Wildman–Crippen LogP) is 1.24. The van der Waals surface area contributed by atoms with E-state index in [-0.39, 0.29) is 16.5 Å². The van der Waals surface area contributed by atoms with Crippen molar-refractivity contribution in [1.29, 1.82) is 0 Å². The molecule has 1 aromatic carbocycles. The van der Waals surface area contributed by atoms with E-state index in [9.17, 15) is 8.42 Å². The average molecular weight is 279 g/mol. The second-order valence-electron chi connectivity index (χ2n) is 3.28. The summed E-state index contributed by atoms with van der Waals surface area (Å²) in [6.45, 7) is 2.91. The minimum Gasteiger partial charge on any atom is -0.399 e. The Kier molecular flexibility index (Phi) is 5.20. The van der Waals surface area contributed by atoms with Gasteiger partial charge < -0.3 is 10.5 Å². The molecule has 1 rings (SSSR count). The van der Waals surface area contributed by atoms with Gasteiger partial charge >= 0.3 is 0 Å². The highest BCUT2D eigenvalue weighted by Gasteiger charge is 2.17. The number of hydrogen-bond donors (Lipinski definition) is 2. The fourth-order valence-corrected chi connectivity index (χ4v) is 2.77. The minimum absolute atomic E-state index is 0.0184. The van der Waals surface area contributed by atoms with Gasteiger partial charge in [-0.15, -0.1) is 0 Å². The van der Waals surface area contributed by atoms with E-state index in [1.165, 1.54) is 18.2 Å². The zero-order chi connectivity index (χ0) is 12.9. The number of ether oxygens (including phenoxy) is 1. The van der Waals surface area contributed by atoms with Crippen molar-refractivity contribution in [1.82, 2.24) is 4.72 Å². The molecule has 0 bridgehead atoms. The Labute approximate surface area is 106 Å². The summed E-state index contributed by atoms with van der Waals surface area (Å²) >= 11 is 5.82. The minimum atomic E-state index is -3.61. The third-order valence-corrected chi connectivity index (χ3v) is 3.93. The van der Waals surface area contributed by atoms with Crippen LogP contribution in [-0.2, 0) is 14.8 Å². The Balaban J connectivity index is 2.76. The molecular weight excluding hydrogens is 264 g/mol. The number of nitrogens with two attached hydrogens (primary N) is 1. The molecule has 0 unspecified atom stereocenters. The van der Waals surface area contributed by atoms with Crippen molar-refractivity contribution in [2.24, 2.45) is 0 Å². The Bertz CT molecular complexity index is 476. The van der Waals surface area contributed by atoms with Crippen LogP contribution in [0, 0.1) is 0 Å². The lowest BCUT2D eigenvalue weighted by Crippen LogP contribution is -2.27. The second-order valence-corrected chi connectivity index (χ2v) is 5.43. The highest BCUT2D eigenvalue weighted by Crippen LogP contribution is 2.23. The Morgan fingerprint density at radius 3 is 2.76 bits per heavy atom. The highest BCUT2D eigenvalue weighted by molar-refractivity contribution is 7.89. The summed E-state index contributed by atoms with van der Waals surface area (Å²) < 4.78 is 31.1. The predicted molar refractivity (Wildman–Crippen MR) is 67.5 cm³/mol. The molecule has 17 heavy (non-hydrogen) atoms. The molecular formula is C10H15ClN2O3S. The zero-order valence-electron chi connectivity index (χ0n) is 9.44. The molecule has 96 valence electrons. The van der Waals surface area contributed by atoms with E-state index >= 15 is 0 Å². The lowest BCUT2D eigenvalue weighted by atomic mass is 10.3. The monoisotopic (exact) mass is 278 g/mol. The van der Waals surface area contributed by atoms with Crippen molar-refractivity contribution < 1.29 is 13.2 Å². The van der Waals surface area contributed by atoms with Gasteiger partial charge in [0, 0.05) is 18.8 Å². The average Bonchev–Trinajstić information content (AvgIpc) is 2.24. The number of benzene rings is 1. The summed E-state index contributed by atoms with van der Waals surface area (Å²) in [6, 6.07) is 4.27. The standard InChI is InChI=1S/C10H15ClN2O3S/c1-2-16-6-5-13-17(14,15)10-4-3-8(12)7-9(10)11/h3-4,7,13H,2,5-6,12H2,1H3. The van der Waals surface area contributed by atoms with Crippen molar-refractivity contribution in [3.8, 4) is 0 Å². The number of sulfonamides is 1. The zero-order valence-corrected chi connectivity index (χ0v) is 11.0. The first-order valence-electron chi connectivity index (χ1n) is 5.10. The number of hydrogen-bond acceptors (Lipinski definition) is 4. The first-order valence-corrected chi connectivity index (χ1v) is 6.96. The number of nitrogens with one attached hydrogen (secondary N) is 1. The molecule has 0 saturated heterocycles.